The molecule has 0 aromatic carbocycles. The lowest BCUT2D eigenvalue weighted by Crippen LogP contribution is -2.59. The van der Waals surface area contributed by atoms with Crippen molar-refractivity contribution in [3.63, 3.8) is 0 Å². The van der Waals surface area contributed by atoms with Gasteiger partial charge in [0.15, 0.2) is 0 Å². The lowest BCUT2D eigenvalue weighted by molar-refractivity contribution is -0.344. The summed E-state index contributed by atoms with van der Waals surface area (Å²) in [6, 6.07) is 0. The van der Waals surface area contributed by atoms with E-state index >= 15 is 0 Å². The van der Waals surface area contributed by atoms with E-state index in [1.54, 1.807) is 0 Å². The number of hydrogen-bond acceptors (Lipinski definition) is 2. The molecule has 0 heterocycles. The van der Waals surface area contributed by atoms with Gasteiger partial charge >= 0.3 is 18.0 Å². The summed E-state index contributed by atoms with van der Waals surface area (Å²) >= 11 is 0. The predicted molar refractivity (Wildman–Crippen MR) is 64.1 cm³/mol. The molecule has 132 valence electrons. The number of carbonyl (C=O) groups is 2. The fraction of sp³-hybridized carbons (Fsp3) is 0.857. The summed E-state index contributed by atoms with van der Waals surface area (Å²) in [6.45, 7) is 4.51. The van der Waals surface area contributed by atoms with Gasteiger partial charge in [-0.25, -0.2) is 0 Å². The van der Waals surface area contributed by atoms with Crippen LogP contribution in [0.25, 0.3) is 0 Å². The van der Waals surface area contributed by atoms with Crippen LogP contribution in [0.1, 0.15) is 33.6 Å². The third-order valence-corrected chi connectivity index (χ3v) is 5.88. The van der Waals surface area contributed by atoms with Crippen LogP contribution in [-0.2, 0) is 9.59 Å². The average Bonchev–Trinajstić information content (AvgIpc) is 2.68. The number of Topliss-reactive ketones (excluding diaryl/α,β-unsaturated/α-hetero) is 2. The minimum atomic E-state index is -6.59. The first-order chi connectivity index (χ1) is 10.0. The Morgan fingerprint density at radius 1 is 1.04 bits per heavy atom. The Kier molecular flexibility index (Phi) is 3.54. The maximum Gasteiger partial charge on any atom is 0.460 e. The first-order valence-electron chi connectivity index (χ1n) is 6.94. The van der Waals surface area contributed by atoms with E-state index in [0.29, 0.717) is 0 Å². The summed E-state index contributed by atoms with van der Waals surface area (Å²) in [4.78, 5) is 24.1. The second-order valence-electron chi connectivity index (χ2n) is 7.05. The third-order valence-electron chi connectivity index (χ3n) is 5.88. The zero-order valence-electron chi connectivity index (χ0n) is 12.5. The maximum atomic E-state index is 13.6. The highest BCUT2D eigenvalue weighted by Gasteiger charge is 2.79. The molecule has 1 unspecified atom stereocenters. The molecule has 9 heteroatoms. The molecule has 0 aliphatic heterocycles. The number of ketones is 2. The molecule has 2 rings (SSSR count). The number of alkyl halides is 7. The molecule has 0 saturated heterocycles. The molecule has 3 atom stereocenters. The average molecular weight is 348 g/mol. The fourth-order valence-electron chi connectivity index (χ4n) is 3.92. The topological polar surface area (TPSA) is 34.1 Å². The number of fused-ring (bicyclic) bond motifs is 2. The third kappa shape index (κ3) is 1.94. The normalized spacial score (nSPS) is 34.1. The number of halogens is 7. The largest absolute Gasteiger partial charge is 0.460 e. The molecule has 0 amide bonds. The Morgan fingerprint density at radius 2 is 1.52 bits per heavy atom. The van der Waals surface area contributed by atoms with Crippen molar-refractivity contribution in [2.75, 3.05) is 0 Å². The molecule has 0 aromatic rings. The van der Waals surface area contributed by atoms with Gasteiger partial charge in [0.25, 0.3) is 0 Å². The monoisotopic (exact) mass is 348 g/mol. The molecule has 0 aromatic heterocycles. The Balaban J connectivity index is 2.45. The van der Waals surface area contributed by atoms with Gasteiger partial charge in [0.05, 0.1) is 5.92 Å². The Morgan fingerprint density at radius 3 is 1.87 bits per heavy atom. The summed E-state index contributed by atoms with van der Waals surface area (Å²) in [5.41, 5.74) is -2.10. The highest BCUT2D eigenvalue weighted by Crippen LogP contribution is 2.66. The molecule has 2 fully saturated rings. The van der Waals surface area contributed by atoms with Gasteiger partial charge in [-0.05, 0) is 24.2 Å². The van der Waals surface area contributed by atoms with E-state index < -0.39 is 52.3 Å². The molecule has 2 bridgehead atoms. The van der Waals surface area contributed by atoms with Gasteiger partial charge < -0.3 is 0 Å². The van der Waals surface area contributed by atoms with Crippen LogP contribution in [0, 0.1) is 22.7 Å². The second kappa shape index (κ2) is 4.47. The van der Waals surface area contributed by atoms with Gasteiger partial charge in [-0.15, -0.1) is 0 Å². The zero-order chi connectivity index (χ0) is 18.2. The smallest absolute Gasteiger partial charge is 0.298 e. The molecule has 0 spiro atoms. The van der Waals surface area contributed by atoms with Crippen molar-refractivity contribution in [1.82, 2.24) is 0 Å². The molecule has 2 saturated carbocycles. The molecule has 0 radical (unpaired) electrons. The first-order valence-corrected chi connectivity index (χ1v) is 6.94. The van der Waals surface area contributed by atoms with Gasteiger partial charge in [-0.3, -0.25) is 9.59 Å². The van der Waals surface area contributed by atoms with Crippen molar-refractivity contribution in [2.45, 2.75) is 51.6 Å². The summed E-state index contributed by atoms with van der Waals surface area (Å²) in [7, 11) is 0. The van der Waals surface area contributed by atoms with Crippen molar-refractivity contribution < 1.29 is 40.3 Å². The van der Waals surface area contributed by atoms with Crippen LogP contribution < -0.4 is 0 Å². The summed E-state index contributed by atoms with van der Waals surface area (Å²) < 4.78 is 90.1. The van der Waals surface area contributed by atoms with Crippen LogP contribution in [-0.4, -0.2) is 29.6 Å². The van der Waals surface area contributed by atoms with Crippen molar-refractivity contribution in [3.8, 4) is 0 Å². The standard InChI is InChI=1S/C14H15F7O2/c1-10(2)6-4-5-11(10,3)8(22)7(6)9(23)12(15,16)13(17,18)14(19,20)21/h6-7H,4-5H2,1-3H3/t6-,7?,11+/m0/s1. The van der Waals surface area contributed by atoms with Crippen LogP contribution in [0.2, 0.25) is 0 Å². The molecule has 2 nitrogen and oxygen atoms in total. The number of hydrogen-bond donors (Lipinski definition) is 0. The number of rotatable bonds is 3. The zero-order valence-corrected chi connectivity index (χ0v) is 12.5. The Bertz CT molecular complexity index is 564. The molecule has 0 N–H and O–H groups in total. The van der Waals surface area contributed by atoms with Crippen molar-refractivity contribution in [1.29, 1.82) is 0 Å². The van der Waals surface area contributed by atoms with Crippen molar-refractivity contribution >= 4 is 11.6 Å². The number of carbonyl (C=O) groups excluding carboxylic acids is 2. The van der Waals surface area contributed by atoms with E-state index in [9.17, 15) is 40.3 Å². The molecule has 2 aliphatic carbocycles. The summed E-state index contributed by atoms with van der Waals surface area (Å²) in [6.07, 6.45) is -6.15. The van der Waals surface area contributed by atoms with Gasteiger partial charge in [0, 0.05) is 5.41 Å². The van der Waals surface area contributed by atoms with Crippen LogP contribution in [0.15, 0.2) is 0 Å². The van der Waals surface area contributed by atoms with Gasteiger partial charge in [0.2, 0.25) is 5.78 Å². The van der Waals surface area contributed by atoms with Crippen LogP contribution in [0.3, 0.4) is 0 Å². The Labute approximate surface area is 127 Å². The summed E-state index contributed by atoms with van der Waals surface area (Å²) in [5, 5.41) is 0. The lowest BCUT2D eigenvalue weighted by Gasteiger charge is -2.32. The SMILES string of the molecule is CC1(C)[C@H]2CC[C@]1(C)C(=O)C2C(=O)C(F)(F)C(F)(F)C(F)(F)F. The highest BCUT2D eigenvalue weighted by molar-refractivity contribution is 6.10. The van der Waals surface area contributed by atoms with E-state index in [0.717, 1.165) is 0 Å². The molecule has 2 aliphatic rings. The van der Waals surface area contributed by atoms with Crippen LogP contribution >= 0.6 is 0 Å². The molecular weight excluding hydrogens is 333 g/mol. The quantitative estimate of drug-likeness (QED) is 0.570. The minimum absolute atomic E-state index is 0.152. The highest BCUT2D eigenvalue weighted by atomic mass is 19.4. The fourth-order valence-corrected chi connectivity index (χ4v) is 3.92. The van der Waals surface area contributed by atoms with E-state index in [1.165, 1.54) is 20.8 Å². The molecular formula is C14H15F7O2. The minimum Gasteiger partial charge on any atom is -0.298 e. The first kappa shape index (κ1) is 18.2. The predicted octanol–water partition coefficient (Wildman–Crippen LogP) is 4.03. The van der Waals surface area contributed by atoms with Gasteiger partial charge in [-0.2, -0.15) is 30.7 Å². The molecule has 23 heavy (non-hydrogen) atoms. The van der Waals surface area contributed by atoms with E-state index in [-0.39, 0.29) is 12.8 Å². The van der Waals surface area contributed by atoms with Gasteiger partial charge in [-0.1, -0.05) is 20.8 Å². The van der Waals surface area contributed by atoms with Crippen molar-refractivity contribution in [2.24, 2.45) is 22.7 Å². The lowest BCUT2D eigenvalue weighted by atomic mass is 9.70. The Hall–Kier alpha value is -1.15. The van der Waals surface area contributed by atoms with Crippen LogP contribution in [0.4, 0.5) is 30.7 Å². The van der Waals surface area contributed by atoms with E-state index in [2.05, 4.69) is 0 Å². The van der Waals surface area contributed by atoms with E-state index in [4.69, 9.17) is 0 Å². The maximum absolute atomic E-state index is 13.6. The van der Waals surface area contributed by atoms with Crippen molar-refractivity contribution in [3.05, 3.63) is 0 Å². The van der Waals surface area contributed by atoms with Crippen LogP contribution in [0.5, 0.6) is 0 Å². The summed E-state index contributed by atoms with van der Waals surface area (Å²) in [5.74, 6) is -19.2. The second-order valence-corrected chi connectivity index (χ2v) is 7.05. The van der Waals surface area contributed by atoms with E-state index in [1.807, 2.05) is 0 Å². The van der Waals surface area contributed by atoms with Gasteiger partial charge in [0.1, 0.15) is 5.78 Å².